The molecule has 1 heterocycles. The Morgan fingerprint density at radius 3 is 2.93 bits per heavy atom. The molecule has 0 fully saturated rings. The topological polar surface area (TPSA) is 60.2 Å². The third kappa shape index (κ3) is 1.36. The van der Waals surface area contributed by atoms with Crippen molar-refractivity contribution in [3.05, 3.63) is 30.5 Å². The number of hydrazine groups is 1. The van der Waals surface area contributed by atoms with E-state index in [1.165, 1.54) is 0 Å². The van der Waals surface area contributed by atoms with Crippen molar-refractivity contribution in [1.29, 1.82) is 0 Å². The van der Waals surface area contributed by atoms with Crippen molar-refractivity contribution in [2.45, 2.75) is 0 Å². The van der Waals surface area contributed by atoms with Crippen LogP contribution < -0.4 is 16.0 Å². The number of aromatic nitrogens is 1. The number of nitrogen functional groups attached to an aromatic ring is 1. The molecule has 0 radical (unpaired) electrons. The Morgan fingerprint density at radius 1 is 1.36 bits per heavy atom. The molecule has 0 amide bonds. The molecule has 0 unspecified atom stereocenters. The zero-order valence-corrected chi connectivity index (χ0v) is 7.82. The smallest absolute Gasteiger partial charge is 0.147 e. The fraction of sp³-hybridized carbons (Fsp3) is 0.100. The lowest BCUT2D eigenvalue weighted by Crippen LogP contribution is -2.08. The summed E-state index contributed by atoms with van der Waals surface area (Å²) in [5.74, 6) is 6.80. The minimum atomic E-state index is 0.654. The summed E-state index contributed by atoms with van der Waals surface area (Å²) in [7, 11) is 1.63. The van der Waals surface area contributed by atoms with Crippen LogP contribution in [0.15, 0.2) is 30.5 Å². The van der Waals surface area contributed by atoms with Crippen molar-refractivity contribution < 1.29 is 4.74 Å². The molecule has 0 aliphatic rings. The van der Waals surface area contributed by atoms with Crippen molar-refractivity contribution in [3.63, 3.8) is 0 Å². The summed E-state index contributed by atoms with van der Waals surface area (Å²) in [6.07, 6.45) is 1.71. The highest BCUT2D eigenvalue weighted by molar-refractivity contribution is 5.92. The van der Waals surface area contributed by atoms with E-state index >= 15 is 0 Å². The molecule has 0 saturated carbocycles. The molecule has 4 nitrogen and oxygen atoms in total. The first kappa shape index (κ1) is 8.77. The van der Waals surface area contributed by atoms with E-state index in [0.29, 0.717) is 5.82 Å². The number of ether oxygens (including phenoxy) is 1. The Bertz CT molecular complexity index is 456. The number of rotatable bonds is 2. The number of hydrogen-bond acceptors (Lipinski definition) is 4. The molecule has 1 aromatic carbocycles. The summed E-state index contributed by atoms with van der Waals surface area (Å²) in [5.41, 5.74) is 2.55. The van der Waals surface area contributed by atoms with Gasteiger partial charge in [0, 0.05) is 11.6 Å². The van der Waals surface area contributed by atoms with Crippen LogP contribution >= 0.6 is 0 Å². The van der Waals surface area contributed by atoms with E-state index < -0.39 is 0 Å². The fourth-order valence-corrected chi connectivity index (χ4v) is 1.39. The molecule has 0 saturated heterocycles. The van der Waals surface area contributed by atoms with E-state index in [9.17, 15) is 0 Å². The molecule has 1 aromatic heterocycles. The van der Waals surface area contributed by atoms with Crippen molar-refractivity contribution in [2.24, 2.45) is 5.84 Å². The molecule has 72 valence electrons. The largest absolute Gasteiger partial charge is 0.497 e. The van der Waals surface area contributed by atoms with Crippen molar-refractivity contribution in [1.82, 2.24) is 4.98 Å². The van der Waals surface area contributed by atoms with Gasteiger partial charge in [0.2, 0.25) is 0 Å². The van der Waals surface area contributed by atoms with Gasteiger partial charge in [-0.2, -0.15) is 0 Å². The number of pyridine rings is 1. The molecule has 3 N–H and O–H groups in total. The zero-order chi connectivity index (χ0) is 9.97. The average molecular weight is 189 g/mol. The second kappa shape index (κ2) is 3.51. The van der Waals surface area contributed by atoms with Crippen molar-refractivity contribution >= 4 is 16.6 Å². The summed E-state index contributed by atoms with van der Waals surface area (Å²) in [4.78, 5) is 4.11. The van der Waals surface area contributed by atoms with Gasteiger partial charge in [-0.3, -0.25) is 0 Å². The number of nitrogens with two attached hydrogens (primary N) is 1. The highest BCUT2D eigenvalue weighted by Crippen LogP contribution is 2.24. The molecule has 0 bridgehead atoms. The first-order valence-corrected chi connectivity index (χ1v) is 4.24. The van der Waals surface area contributed by atoms with Gasteiger partial charge in [-0.25, -0.2) is 10.8 Å². The second-order valence-corrected chi connectivity index (χ2v) is 2.89. The van der Waals surface area contributed by atoms with Crippen LogP contribution in [0, 0.1) is 0 Å². The number of methoxy groups -OCH3 is 1. The average Bonchev–Trinajstić information content (AvgIpc) is 2.27. The lowest BCUT2D eigenvalue weighted by Gasteiger charge is -2.06. The summed E-state index contributed by atoms with van der Waals surface area (Å²) in [5, 5.41) is 2.03. The first-order valence-electron chi connectivity index (χ1n) is 4.24. The Hall–Kier alpha value is -1.81. The quantitative estimate of drug-likeness (QED) is 0.555. The van der Waals surface area contributed by atoms with E-state index in [4.69, 9.17) is 10.6 Å². The van der Waals surface area contributed by atoms with Crippen LogP contribution in [0.5, 0.6) is 5.75 Å². The van der Waals surface area contributed by atoms with E-state index in [2.05, 4.69) is 10.4 Å². The monoisotopic (exact) mass is 189 g/mol. The molecule has 2 rings (SSSR count). The summed E-state index contributed by atoms with van der Waals surface area (Å²) < 4.78 is 5.13. The molecule has 14 heavy (non-hydrogen) atoms. The van der Waals surface area contributed by atoms with Gasteiger partial charge in [0.1, 0.15) is 11.6 Å². The molecule has 0 spiro atoms. The van der Waals surface area contributed by atoms with Crippen LogP contribution in [0.25, 0.3) is 10.8 Å². The number of hydrogen-bond donors (Lipinski definition) is 2. The van der Waals surface area contributed by atoms with E-state index in [0.717, 1.165) is 16.5 Å². The lowest BCUT2D eigenvalue weighted by molar-refractivity contribution is 0.415. The number of fused-ring (bicyclic) bond motifs is 1. The maximum absolute atomic E-state index is 5.35. The number of nitrogens with zero attached hydrogens (tertiary/aromatic N) is 1. The molecule has 0 aliphatic heterocycles. The Balaban J connectivity index is 2.70. The number of nitrogens with one attached hydrogen (secondary N) is 1. The predicted octanol–water partition coefficient (Wildman–Crippen LogP) is 1.53. The highest BCUT2D eigenvalue weighted by Gasteiger charge is 2.01. The van der Waals surface area contributed by atoms with Gasteiger partial charge in [-0.05, 0) is 23.6 Å². The molecule has 4 heteroatoms. The van der Waals surface area contributed by atoms with Crippen LogP contribution in [-0.2, 0) is 0 Å². The summed E-state index contributed by atoms with van der Waals surface area (Å²) in [6.45, 7) is 0. The van der Waals surface area contributed by atoms with Gasteiger partial charge in [0.15, 0.2) is 0 Å². The molecule has 2 aromatic rings. The SMILES string of the molecule is COc1ccc2ccnc(NN)c2c1. The Morgan fingerprint density at radius 2 is 2.21 bits per heavy atom. The summed E-state index contributed by atoms with van der Waals surface area (Å²) >= 11 is 0. The van der Waals surface area contributed by atoms with Crippen LogP contribution in [0.2, 0.25) is 0 Å². The van der Waals surface area contributed by atoms with Gasteiger partial charge in [-0.15, -0.1) is 0 Å². The van der Waals surface area contributed by atoms with E-state index in [-0.39, 0.29) is 0 Å². The minimum absolute atomic E-state index is 0.654. The lowest BCUT2D eigenvalue weighted by atomic mass is 10.1. The summed E-state index contributed by atoms with van der Waals surface area (Å²) in [6, 6.07) is 7.70. The molecule has 0 atom stereocenters. The zero-order valence-electron chi connectivity index (χ0n) is 7.82. The first-order chi connectivity index (χ1) is 6.85. The molecular weight excluding hydrogens is 178 g/mol. The van der Waals surface area contributed by atoms with Gasteiger partial charge in [0.25, 0.3) is 0 Å². The molecular formula is C10H11N3O. The van der Waals surface area contributed by atoms with Crippen molar-refractivity contribution in [3.8, 4) is 5.75 Å². The standard InChI is InChI=1S/C10H11N3O/c1-14-8-3-2-7-4-5-12-10(13-11)9(7)6-8/h2-6H,11H2,1H3,(H,12,13). The normalized spacial score (nSPS) is 10.1. The van der Waals surface area contributed by atoms with E-state index in [1.807, 2.05) is 24.3 Å². The van der Waals surface area contributed by atoms with Crippen molar-refractivity contribution in [2.75, 3.05) is 12.5 Å². The Kier molecular flexibility index (Phi) is 2.20. The maximum Gasteiger partial charge on any atom is 0.147 e. The number of anilines is 1. The molecule has 0 aliphatic carbocycles. The second-order valence-electron chi connectivity index (χ2n) is 2.89. The highest BCUT2D eigenvalue weighted by atomic mass is 16.5. The minimum Gasteiger partial charge on any atom is -0.497 e. The predicted molar refractivity (Wildman–Crippen MR) is 56.1 cm³/mol. The van der Waals surface area contributed by atoms with Gasteiger partial charge < -0.3 is 10.2 Å². The fourth-order valence-electron chi connectivity index (χ4n) is 1.39. The van der Waals surface area contributed by atoms with Gasteiger partial charge in [-0.1, -0.05) is 6.07 Å². The third-order valence-electron chi connectivity index (χ3n) is 2.11. The van der Waals surface area contributed by atoms with Gasteiger partial charge >= 0.3 is 0 Å². The van der Waals surface area contributed by atoms with Crippen LogP contribution in [-0.4, -0.2) is 12.1 Å². The van der Waals surface area contributed by atoms with Crippen LogP contribution in [0.1, 0.15) is 0 Å². The van der Waals surface area contributed by atoms with Crippen LogP contribution in [0.3, 0.4) is 0 Å². The van der Waals surface area contributed by atoms with E-state index in [1.54, 1.807) is 13.3 Å². The Labute approximate surface area is 81.7 Å². The number of benzene rings is 1. The van der Waals surface area contributed by atoms with Gasteiger partial charge in [0.05, 0.1) is 7.11 Å². The van der Waals surface area contributed by atoms with Crippen LogP contribution in [0.4, 0.5) is 5.82 Å². The maximum atomic E-state index is 5.35. The third-order valence-corrected chi connectivity index (χ3v) is 2.11.